The fourth-order valence-corrected chi connectivity index (χ4v) is 1.41. The first-order valence-corrected chi connectivity index (χ1v) is 4.60. The zero-order valence-electron chi connectivity index (χ0n) is 8.65. The van der Waals surface area contributed by atoms with Gasteiger partial charge in [-0.3, -0.25) is 9.67 Å². The van der Waals surface area contributed by atoms with Crippen molar-refractivity contribution in [3.8, 4) is 11.3 Å². The van der Waals surface area contributed by atoms with Gasteiger partial charge in [0.05, 0.1) is 5.69 Å². The van der Waals surface area contributed by atoms with Gasteiger partial charge in [-0.05, 0) is 32.0 Å². The summed E-state index contributed by atoms with van der Waals surface area (Å²) in [5.74, 6) is 0. The Kier molecular flexibility index (Phi) is 2.08. The molecule has 0 fully saturated rings. The zero-order chi connectivity index (χ0) is 10.1. The third kappa shape index (κ3) is 1.53. The molecule has 0 N–H and O–H groups in total. The molecule has 0 aliphatic heterocycles. The summed E-state index contributed by atoms with van der Waals surface area (Å²) in [6, 6.07) is 6.10. The van der Waals surface area contributed by atoms with E-state index in [2.05, 4.69) is 16.1 Å². The second-order valence-corrected chi connectivity index (χ2v) is 3.48. The summed E-state index contributed by atoms with van der Waals surface area (Å²) in [6.45, 7) is 4.03. The largest absolute Gasteiger partial charge is 0.272 e. The molecule has 0 saturated heterocycles. The maximum absolute atomic E-state index is 4.41. The molecule has 0 radical (unpaired) electrons. The summed E-state index contributed by atoms with van der Waals surface area (Å²) in [6.07, 6.45) is 1.81. The van der Waals surface area contributed by atoms with E-state index in [1.807, 2.05) is 43.9 Å². The highest BCUT2D eigenvalue weighted by atomic mass is 15.3. The van der Waals surface area contributed by atoms with E-state index < -0.39 is 0 Å². The second-order valence-electron chi connectivity index (χ2n) is 3.48. The van der Waals surface area contributed by atoms with E-state index in [0.29, 0.717) is 0 Å². The van der Waals surface area contributed by atoms with E-state index in [0.717, 1.165) is 22.6 Å². The van der Waals surface area contributed by atoms with Crippen LogP contribution in [0.5, 0.6) is 0 Å². The fourth-order valence-electron chi connectivity index (χ4n) is 1.41. The minimum absolute atomic E-state index is 1.01. The van der Waals surface area contributed by atoms with Crippen molar-refractivity contribution in [2.45, 2.75) is 13.8 Å². The van der Waals surface area contributed by atoms with E-state index in [1.54, 1.807) is 0 Å². The molecule has 2 aromatic rings. The molecule has 0 spiro atoms. The summed E-state index contributed by atoms with van der Waals surface area (Å²) >= 11 is 0. The SMILES string of the molecule is Cc1cc(-c2cc(C)n(C)n2)ccn1. The lowest BCUT2D eigenvalue weighted by Crippen LogP contribution is -1.92. The molecule has 0 atom stereocenters. The average Bonchev–Trinajstić information content (AvgIpc) is 2.47. The van der Waals surface area contributed by atoms with Crippen LogP contribution in [0.25, 0.3) is 11.3 Å². The van der Waals surface area contributed by atoms with E-state index in [-0.39, 0.29) is 0 Å². The van der Waals surface area contributed by atoms with Crippen molar-refractivity contribution >= 4 is 0 Å². The topological polar surface area (TPSA) is 30.7 Å². The van der Waals surface area contributed by atoms with Crippen molar-refractivity contribution < 1.29 is 0 Å². The second kappa shape index (κ2) is 3.25. The number of pyridine rings is 1. The number of aromatic nitrogens is 3. The lowest BCUT2D eigenvalue weighted by molar-refractivity contribution is 0.742. The van der Waals surface area contributed by atoms with Gasteiger partial charge in [-0.15, -0.1) is 0 Å². The Labute approximate surface area is 83.4 Å². The number of hydrogen-bond donors (Lipinski definition) is 0. The summed E-state index contributed by atoms with van der Waals surface area (Å²) < 4.78 is 1.88. The lowest BCUT2D eigenvalue weighted by atomic mass is 10.1. The molecule has 2 rings (SSSR count). The molecule has 0 bridgehead atoms. The molecule has 0 unspecified atom stereocenters. The standard InChI is InChI=1S/C11H13N3/c1-8-6-10(4-5-12-8)11-7-9(2)14(3)13-11/h4-7H,1-3H3. The van der Waals surface area contributed by atoms with Crippen LogP contribution in [0.15, 0.2) is 24.4 Å². The van der Waals surface area contributed by atoms with Gasteiger partial charge < -0.3 is 0 Å². The molecule has 0 aliphatic carbocycles. The van der Waals surface area contributed by atoms with E-state index >= 15 is 0 Å². The van der Waals surface area contributed by atoms with Crippen LogP contribution in [0.1, 0.15) is 11.4 Å². The van der Waals surface area contributed by atoms with Gasteiger partial charge in [-0.25, -0.2) is 0 Å². The smallest absolute Gasteiger partial charge is 0.0927 e. The van der Waals surface area contributed by atoms with Crippen molar-refractivity contribution in [1.82, 2.24) is 14.8 Å². The van der Waals surface area contributed by atoms with Gasteiger partial charge in [0, 0.05) is 30.2 Å². The molecule has 2 aromatic heterocycles. The molecule has 0 amide bonds. The zero-order valence-corrected chi connectivity index (χ0v) is 8.65. The molecule has 0 aromatic carbocycles. The maximum atomic E-state index is 4.41. The van der Waals surface area contributed by atoms with E-state index in [9.17, 15) is 0 Å². The van der Waals surface area contributed by atoms with Crippen molar-refractivity contribution in [2.75, 3.05) is 0 Å². The predicted octanol–water partition coefficient (Wildman–Crippen LogP) is 2.10. The van der Waals surface area contributed by atoms with Crippen LogP contribution in [0.2, 0.25) is 0 Å². The van der Waals surface area contributed by atoms with Crippen LogP contribution in [0.4, 0.5) is 0 Å². The monoisotopic (exact) mass is 187 g/mol. The van der Waals surface area contributed by atoms with Crippen molar-refractivity contribution in [1.29, 1.82) is 0 Å². The highest BCUT2D eigenvalue weighted by molar-refractivity contribution is 5.59. The quantitative estimate of drug-likeness (QED) is 0.684. The highest BCUT2D eigenvalue weighted by Crippen LogP contribution is 2.18. The Morgan fingerprint density at radius 2 is 2.00 bits per heavy atom. The molecule has 2 heterocycles. The molecule has 3 heteroatoms. The Balaban J connectivity index is 2.49. The molecule has 14 heavy (non-hydrogen) atoms. The van der Waals surface area contributed by atoms with Gasteiger partial charge in [0.1, 0.15) is 0 Å². The van der Waals surface area contributed by atoms with Crippen LogP contribution >= 0.6 is 0 Å². The summed E-state index contributed by atoms with van der Waals surface area (Å²) in [7, 11) is 1.95. The Hall–Kier alpha value is -1.64. The molecule has 3 nitrogen and oxygen atoms in total. The van der Waals surface area contributed by atoms with Crippen LogP contribution in [0, 0.1) is 13.8 Å². The number of nitrogens with zero attached hydrogens (tertiary/aromatic N) is 3. The third-order valence-electron chi connectivity index (χ3n) is 2.31. The normalized spacial score (nSPS) is 10.5. The van der Waals surface area contributed by atoms with Crippen LogP contribution in [-0.4, -0.2) is 14.8 Å². The van der Waals surface area contributed by atoms with Crippen LogP contribution in [0.3, 0.4) is 0 Å². The van der Waals surface area contributed by atoms with Crippen LogP contribution < -0.4 is 0 Å². The molecular weight excluding hydrogens is 174 g/mol. The Morgan fingerprint density at radius 3 is 2.57 bits per heavy atom. The highest BCUT2D eigenvalue weighted by Gasteiger charge is 2.03. The maximum Gasteiger partial charge on any atom is 0.0927 e. The number of rotatable bonds is 1. The van der Waals surface area contributed by atoms with E-state index in [4.69, 9.17) is 0 Å². The molecule has 0 saturated carbocycles. The Morgan fingerprint density at radius 1 is 1.21 bits per heavy atom. The first kappa shape index (κ1) is 8.94. The van der Waals surface area contributed by atoms with Crippen molar-refractivity contribution in [2.24, 2.45) is 7.05 Å². The first-order chi connectivity index (χ1) is 6.66. The Bertz CT molecular complexity index is 438. The van der Waals surface area contributed by atoms with Gasteiger partial charge in [0.25, 0.3) is 0 Å². The van der Waals surface area contributed by atoms with Gasteiger partial charge in [-0.2, -0.15) is 5.10 Å². The van der Waals surface area contributed by atoms with Gasteiger partial charge in [-0.1, -0.05) is 0 Å². The third-order valence-corrected chi connectivity index (χ3v) is 2.31. The fraction of sp³-hybridized carbons (Fsp3) is 0.273. The summed E-state index contributed by atoms with van der Waals surface area (Å²) in [4.78, 5) is 4.16. The van der Waals surface area contributed by atoms with E-state index in [1.165, 1.54) is 0 Å². The number of aryl methyl sites for hydroxylation is 3. The van der Waals surface area contributed by atoms with Gasteiger partial charge in [0.15, 0.2) is 0 Å². The van der Waals surface area contributed by atoms with Crippen molar-refractivity contribution in [3.63, 3.8) is 0 Å². The molecular formula is C11H13N3. The lowest BCUT2D eigenvalue weighted by Gasteiger charge is -1.96. The minimum Gasteiger partial charge on any atom is -0.272 e. The van der Waals surface area contributed by atoms with Gasteiger partial charge in [0.2, 0.25) is 0 Å². The predicted molar refractivity (Wildman–Crippen MR) is 55.9 cm³/mol. The molecule has 0 aliphatic rings. The number of hydrogen-bond acceptors (Lipinski definition) is 2. The molecule has 72 valence electrons. The van der Waals surface area contributed by atoms with Crippen molar-refractivity contribution in [3.05, 3.63) is 35.8 Å². The average molecular weight is 187 g/mol. The first-order valence-electron chi connectivity index (χ1n) is 4.60. The minimum atomic E-state index is 1.01. The summed E-state index contributed by atoms with van der Waals surface area (Å²) in [5.41, 5.74) is 4.32. The van der Waals surface area contributed by atoms with Gasteiger partial charge >= 0.3 is 0 Å². The summed E-state index contributed by atoms with van der Waals surface area (Å²) in [5, 5.41) is 4.41. The van der Waals surface area contributed by atoms with Crippen LogP contribution in [-0.2, 0) is 7.05 Å².